The first-order chi connectivity index (χ1) is 15.4. The van der Waals surface area contributed by atoms with E-state index >= 15 is 0 Å². The summed E-state index contributed by atoms with van der Waals surface area (Å²) in [4.78, 5) is 11.6. The number of fused-ring (bicyclic) bond motifs is 4. The van der Waals surface area contributed by atoms with Gasteiger partial charge in [-0.1, -0.05) is 6.07 Å². The molecule has 2 aromatic carbocycles. The fraction of sp³-hybridized carbons (Fsp3) is 0.458. The van der Waals surface area contributed by atoms with Crippen LogP contribution in [0.4, 0.5) is 0 Å². The number of hydrogen-bond donors (Lipinski definition) is 1. The van der Waals surface area contributed by atoms with Gasteiger partial charge in [0.1, 0.15) is 18.3 Å². The van der Waals surface area contributed by atoms with E-state index in [9.17, 15) is 9.90 Å². The summed E-state index contributed by atoms with van der Waals surface area (Å²) >= 11 is 0. The first-order valence-corrected chi connectivity index (χ1v) is 10.3. The number of aliphatic hydroxyl groups is 1. The molecular formula is C24H28O8. The fourth-order valence-electron chi connectivity index (χ4n) is 4.91. The van der Waals surface area contributed by atoms with Crippen molar-refractivity contribution in [3.05, 3.63) is 47.0 Å². The second-order valence-corrected chi connectivity index (χ2v) is 8.02. The maximum atomic E-state index is 11.8. The van der Waals surface area contributed by atoms with Crippen molar-refractivity contribution in [2.75, 3.05) is 41.7 Å². The first kappa shape index (κ1) is 22.2. The molecule has 0 radical (unpaired) electrons. The Kier molecular flexibility index (Phi) is 5.92. The minimum absolute atomic E-state index is 0.171. The second kappa shape index (κ2) is 8.52. The zero-order valence-electron chi connectivity index (χ0n) is 18.8. The minimum Gasteiger partial charge on any atom is -0.493 e. The number of carbonyl (C=O) groups excluding carboxylic acids is 1. The van der Waals surface area contributed by atoms with Gasteiger partial charge in [-0.15, -0.1) is 0 Å². The van der Waals surface area contributed by atoms with Crippen LogP contribution in [0.25, 0.3) is 0 Å². The molecule has 0 aromatic heterocycles. The van der Waals surface area contributed by atoms with Crippen LogP contribution in [0.15, 0.2) is 30.3 Å². The van der Waals surface area contributed by atoms with E-state index in [1.54, 1.807) is 28.4 Å². The van der Waals surface area contributed by atoms with Gasteiger partial charge in [-0.25, -0.2) is 0 Å². The van der Waals surface area contributed by atoms with Gasteiger partial charge in [0.2, 0.25) is 0 Å². The molecule has 1 heterocycles. The molecule has 32 heavy (non-hydrogen) atoms. The summed E-state index contributed by atoms with van der Waals surface area (Å²) in [6.07, 6.45) is -0.668. The number of carbonyl (C=O) groups is 1. The average molecular weight is 444 g/mol. The Hall–Kier alpha value is -2.97. The molecule has 4 atom stereocenters. The van der Waals surface area contributed by atoms with E-state index in [-0.39, 0.29) is 18.4 Å². The molecule has 1 N–H and O–H groups in total. The molecule has 0 saturated carbocycles. The third kappa shape index (κ3) is 3.43. The van der Waals surface area contributed by atoms with Crippen LogP contribution in [-0.2, 0) is 14.3 Å². The highest BCUT2D eigenvalue weighted by molar-refractivity contribution is 5.66. The van der Waals surface area contributed by atoms with Crippen LogP contribution in [0.1, 0.15) is 35.6 Å². The van der Waals surface area contributed by atoms with Crippen molar-refractivity contribution in [3.63, 3.8) is 0 Å². The summed E-state index contributed by atoms with van der Waals surface area (Å²) in [5, 5.41) is 11.8. The Balaban J connectivity index is 1.92. The van der Waals surface area contributed by atoms with Crippen LogP contribution in [-0.4, -0.2) is 58.3 Å². The van der Waals surface area contributed by atoms with Crippen LogP contribution in [0, 0.1) is 5.92 Å². The molecule has 2 aromatic rings. The molecular weight excluding hydrogens is 416 g/mol. The van der Waals surface area contributed by atoms with E-state index in [1.165, 1.54) is 6.92 Å². The van der Waals surface area contributed by atoms with Gasteiger partial charge in [-0.2, -0.15) is 0 Å². The van der Waals surface area contributed by atoms with E-state index in [2.05, 4.69) is 0 Å². The molecule has 172 valence electrons. The zero-order chi connectivity index (χ0) is 23.0. The summed E-state index contributed by atoms with van der Waals surface area (Å²) in [5.41, 5.74) is 1.22. The van der Waals surface area contributed by atoms with Crippen LogP contribution >= 0.6 is 0 Å². The molecule has 1 fully saturated rings. The second-order valence-electron chi connectivity index (χ2n) is 8.02. The van der Waals surface area contributed by atoms with Crippen LogP contribution in [0.3, 0.4) is 0 Å². The molecule has 1 saturated heterocycles. The SMILES string of the molecule is COc1ccc([C@@H]2c3cc(OC)c(OC)cc3[C@@H]3OC[C@H]2[C@]3(O)COC(C)=O)cc1OC. The molecule has 0 amide bonds. The monoisotopic (exact) mass is 444 g/mol. The maximum Gasteiger partial charge on any atom is 0.302 e. The lowest BCUT2D eigenvalue weighted by Crippen LogP contribution is -2.49. The molecule has 2 bridgehead atoms. The highest BCUT2D eigenvalue weighted by Gasteiger charge is 2.59. The molecule has 8 nitrogen and oxygen atoms in total. The van der Waals surface area contributed by atoms with Crippen molar-refractivity contribution >= 4 is 5.97 Å². The van der Waals surface area contributed by atoms with Crippen molar-refractivity contribution in [2.24, 2.45) is 5.92 Å². The molecule has 4 rings (SSSR count). The lowest BCUT2D eigenvalue weighted by atomic mass is 9.64. The Bertz CT molecular complexity index is 1020. The Labute approximate surface area is 186 Å². The van der Waals surface area contributed by atoms with Crippen molar-refractivity contribution < 1.29 is 38.3 Å². The molecule has 1 aliphatic heterocycles. The summed E-state index contributed by atoms with van der Waals surface area (Å²) in [6, 6.07) is 9.43. The Morgan fingerprint density at radius 2 is 1.56 bits per heavy atom. The molecule has 2 aliphatic rings. The van der Waals surface area contributed by atoms with Crippen molar-refractivity contribution in [2.45, 2.75) is 24.5 Å². The van der Waals surface area contributed by atoms with E-state index in [4.69, 9.17) is 28.4 Å². The highest BCUT2D eigenvalue weighted by Crippen LogP contribution is 2.58. The summed E-state index contributed by atoms with van der Waals surface area (Å²) in [6.45, 7) is 1.44. The van der Waals surface area contributed by atoms with Gasteiger partial charge in [0, 0.05) is 18.8 Å². The van der Waals surface area contributed by atoms with Crippen molar-refractivity contribution in [3.8, 4) is 23.0 Å². The number of rotatable bonds is 7. The average Bonchev–Trinajstić information content (AvgIpc) is 3.03. The van der Waals surface area contributed by atoms with Crippen LogP contribution in [0.2, 0.25) is 0 Å². The fourth-order valence-corrected chi connectivity index (χ4v) is 4.91. The number of esters is 1. The smallest absolute Gasteiger partial charge is 0.302 e. The van der Waals surface area contributed by atoms with Crippen LogP contribution in [0.5, 0.6) is 23.0 Å². The molecule has 0 spiro atoms. The highest BCUT2D eigenvalue weighted by atomic mass is 16.6. The third-order valence-electron chi connectivity index (χ3n) is 6.42. The van der Waals surface area contributed by atoms with Gasteiger partial charge >= 0.3 is 5.97 Å². The first-order valence-electron chi connectivity index (χ1n) is 10.3. The predicted molar refractivity (Wildman–Crippen MR) is 115 cm³/mol. The summed E-state index contributed by atoms with van der Waals surface area (Å²) < 4.78 is 33.3. The van der Waals surface area contributed by atoms with Gasteiger partial charge in [0.05, 0.1) is 35.0 Å². The number of ether oxygens (including phenoxy) is 6. The van der Waals surface area contributed by atoms with Gasteiger partial charge in [-0.05, 0) is 41.0 Å². The van der Waals surface area contributed by atoms with E-state index < -0.39 is 17.7 Å². The maximum absolute atomic E-state index is 11.8. The number of benzene rings is 2. The van der Waals surface area contributed by atoms with Crippen molar-refractivity contribution in [1.29, 1.82) is 0 Å². The topological polar surface area (TPSA) is 92.7 Å². The summed E-state index contributed by atoms with van der Waals surface area (Å²) in [5.74, 6) is 1.20. The minimum atomic E-state index is -1.41. The van der Waals surface area contributed by atoms with Gasteiger partial charge < -0.3 is 33.5 Å². The van der Waals surface area contributed by atoms with Gasteiger partial charge in [-0.3, -0.25) is 4.79 Å². The predicted octanol–water partition coefficient (Wildman–Crippen LogP) is 2.85. The normalized spacial score (nSPS) is 25.6. The van der Waals surface area contributed by atoms with Crippen LogP contribution < -0.4 is 18.9 Å². The number of methoxy groups -OCH3 is 4. The Morgan fingerprint density at radius 3 is 2.16 bits per heavy atom. The largest absolute Gasteiger partial charge is 0.493 e. The lowest BCUT2D eigenvalue weighted by molar-refractivity contribution is -0.157. The zero-order valence-corrected chi connectivity index (χ0v) is 18.8. The standard InChI is InChI=1S/C24H28O8/c1-13(25)32-12-24(26)17-11-31-23(24)16-10-21(30-5)20(29-4)9-15(16)22(17)14-6-7-18(27-2)19(8-14)28-3/h6-10,17,22-23,26H,11-12H2,1-5H3/t17-,22-,23+,24-/m1/s1. The van der Waals surface area contributed by atoms with Crippen molar-refractivity contribution in [1.82, 2.24) is 0 Å². The lowest BCUT2D eigenvalue weighted by Gasteiger charge is -2.43. The summed E-state index contributed by atoms with van der Waals surface area (Å²) in [7, 11) is 6.30. The van der Waals surface area contributed by atoms with Gasteiger partial charge in [0.15, 0.2) is 23.0 Å². The third-order valence-corrected chi connectivity index (χ3v) is 6.42. The number of hydrogen-bond acceptors (Lipinski definition) is 8. The molecule has 8 heteroatoms. The van der Waals surface area contributed by atoms with E-state index in [0.29, 0.717) is 29.6 Å². The van der Waals surface area contributed by atoms with E-state index in [0.717, 1.165) is 16.7 Å². The van der Waals surface area contributed by atoms with Gasteiger partial charge in [0.25, 0.3) is 0 Å². The van der Waals surface area contributed by atoms with E-state index in [1.807, 2.05) is 30.3 Å². The molecule has 1 aliphatic carbocycles. The quantitative estimate of drug-likeness (QED) is 0.652. The Morgan fingerprint density at radius 1 is 0.969 bits per heavy atom. The molecule has 0 unspecified atom stereocenters.